The molecule has 1 unspecified atom stereocenters. The zero-order valence-electron chi connectivity index (χ0n) is 8.90. The molecule has 1 heterocycles. The maximum atomic E-state index is 9.89. The van der Waals surface area contributed by atoms with Crippen LogP contribution in [0.5, 0.6) is 0 Å². The van der Waals surface area contributed by atoms with Crippen molar-refractivity contribution in [3.05, 3.63) is 18.0 Å². The number of aryl methyl sites for hydroxylation is 2. The summed E-state index contributed by atoms with van der Waals surface area (Å²) >= 11 is 0. The van der Waals surface area contributed by atoms with Gasteiger partial charge in [-0.05, 0) is 36.7 Å². The number of hydrogen-bond acceptors (Lipinski definition) is 2. The zero-order valence-corrected chi connectivity index (χ0v) is 8.90. The number of aliphatic hydroxyl groups excluding tert-OH is 1. The molecule has 14 heavy (non-hydrogen) atoms. The highest BCUT2D eigenvalue weighted by Crippen LogP contribution is 2.49. The van der Waals surface area contributed by atoms with E-state index in [1.54, 1.807) is 4.68 Å². The van der Waals surface area contributed by atoms with Crippen molar-refractivity contribution in [3.63, 3.8) is 0 Å². The molecule has 0 amide bonds. The Kier molecular flexibility index (Phi) is 2.35. The molecule has 1 aliphatic rings. The number of aromatic nitrogens is 2. The van der Waals surface area contributed by atoms with Gasteiger partial charge in [0.15, 0.2) is 0 Å². The van der Waals surface area contributed by atoms with Gasteiger partial charge in [-0.3, -0.25) is 4.68 Å². The first-order valence-corrected chi connectivity index (χ1v) is 5.26. The van der Waals surface area contributed by atoms with Crippen molar-refractivity contribution in [1.29, 1.82) is 0 Å². The van der Waals surface area contributed by atoms with Crippen molar-refractivity contribution < 1.29 is 5.11 Å². The second-order valence-electron chi connectivity index (χ2n) is 4.73. The Morgan fingerprint density at radius 2 is 2.36 bits per heavy atom. The molecular formula is C11H18N2O. The molecule has 1 atom stereocenters. The third-order valence-corrected chi connectivity index (χ3v) is 3.31. The Labute approximate surface area is 84.7 Å². The van der Waals surface area contributed by atoms with E-state index in [1.807, 2.05) is 19.4 Å². The van der Waals surface area contributed by atoms with Gasteiger partial charge < -0.3 is 5.11 Å². The first-order valence-electron chi connectivity index (χ1n) is 5.26. The molecule has 0 saturated heterocycles. The van der Waals surface area contributed by atoms with Gasteiger partial charge in [0.1, 0.15) is 0 Å². The van der Waals surface area contributed by atoms with Gasteiger partial charge in [0, 0.05) is 13.2 Å². The van der Waals surface area contributed by atoms with Crippen LogP contribution in [0.4, 0.5) is 0 Å². The number of rotatable bonds is 4. The van der Waals surface area contributed by atoms with Crippen LogP contribution in [0, 0.1) is 5.41 Å². The summed E-state index contributed by atoms with van der Waals surface area (Å²) in [7, 11) is 1.92. The van der Waals surface area contributed by atoms with Gasteiger partial charge in [0.25, 0.3) is 0 Å². The molecule has 0 aromatic carbocycles. The summed E-state index contributed by atoms with van der Waals surface area (Å²) in [5.74, 6) is 0. The third kappa shape index (κ3) is 1.98. The van der Waals surface area contributed by atoms with E-state index in [1.165, 1.54) is 18.4 Å². The average molecular weight is 194 g/mol. The molecule has 3 nitrogen and oxygen atoms in total. The summed E-state index contributed by atoms with van der Waals surface area (Å²) in [4.78, 5) is 0. The maximum absolute atomic E-state index is 9.89. The summed E-state index contributed by atoms with van der Waals surface area (Å²) in [6.45, 7) is 2.17. The van der Waals surface area contributed by atoms with Gasteiger partial charge >= 0.3 is 0 Å². The SMILES string of the molecule is Cn1cc(CCC(O)C2(C)CC2)cn1. The van der Waals surface area contributed by atoms with Crippen molar-refractivity contribution in [2.24, 2.45) is 12.5 Å². The highest BCUT2D eigenvalue weighted by atomic mass is 16.3. The van der Waals surface area contributed by atoms with Gasteiger partial charge in [-0.15, -0.1) is 0 Å². The molecule has 0 spiro atoms. The Morgan fingerprint density at radius 3 is 2.86 bits per heavy atom. The molecule has 1 aliphatic carbocycles. The second-order valence-corrected chi connectivity index (χ2v) is 4.73. The molecule has 3 heteroatoms. The highest BCUT2D eigenvalue weighted by Gasteiger charge is 2.43. The van der Waals surface area contributed by atoms with E-state index >= 15 is 0 Å². The van der Waals surface area contributed by atoms with E-state index < -0.39 is 0 Å². The lowest BCUT2D eigenvalue weighted by molar-refractivity contribution is 0.0945. The van der Waals surface area contributed by atoms with Gasteiger partial charge in [-0.2, -0.15) is 5.10 Å². The lowest BCUT2D eigenvalue weighted by Gasteiger charge is -2.16. The average Bonchev–Trinajstić information content (AvgIpc) is 2.76. The predicted molar refractivity (Wildman–Crippen MR) is 54.9 cm³/mol. The molecule has 1 aromatic rings. The van der Waals surface area contributed by atoms with E-state index in [-0.39, 0.29) is 11.5 Å². The molecular weight excluding hydrogens is 176 g/mol. The van der Waals surface area contributed by atoms with Crippen molar-refractivity contribution in [2.45, 2.75) is 38.7 Å². The van der Waals surface area contributed by atoms with E-state index in [0.29, 0.717) is 0 Å². The van der Waals surface area contributed by atoms with Crippen molar-refractivity contribution >= 4 is 0 Å². The number of nitrogens with zero attached hydrogens (tertiary/aromatic N) is 2. The van der Waals surface area contributed by atoms with Gasteiger partial charge in [-0.1, -0.05) is 6.92 Å². The number of hydrogen-bond donors (Lipinski definition) is 1. The molecule has 1 N–H and O–H groups in total. The van der Waals surface area contributed by atoms with Crippen molar-refractivity contribution in [2.75, 3.05) is 0 Å². The molecule has 0 aliphatic heterocycles. The molecule has 0 radical (unpaired) electrons. The van der Waals surface area contributed by atoms with Crippen LogP contribution in [0.3, 0.4) is 0 Å². The minimum Gasteiger partial charge on any atom is -0.393 e. The fourth-order valence-electron chi connectivity index (χ4n) is 1.78. The predicted octanol–water partition coefficient (Wildman–Crippen LogP) is 1.51. The largest absolute Gasteiger partial charge is 0.393 e. The summed E-state index contributed by atoms with van der Waals surface area (Å²) in [6, 6.07) is 0. The van der Waals surface area contributed by atoms with E-state index in [4.69, 9.17) is 0 Å². The Balaban J connectivity index is 1.82. The molecule has 1 saturated carbocycles. The zero-order chi connectivity index (χ0) is 10.2. The fourth-order valence-corrected chi connectivity index (χ4v) is 1.78. The van der Waals surface area contributed by atoms with Gasteiger partial charge in [-0.25, -0.2) is 0 Å². The van der Waals surface area contributed by atoms with Crippen LogP contribution in [0.25, 0.3) is 0 Å². The first kappa shape index (κ1) is 9.71. The molecule has 1 aromatic heterocycles. The van der Waals surface area contributed by atoms with Crippen LogP contribution in [-0.4, -0.2) is 21.0 Å². The first-order chi connectivity index (χ1) is 6.60. The topological polar surface area (TPSA) is 38.0 Å². The van der Waals surface area contributed by atoms with Crippen LogP contribution in [0.15, 0.2) is 12.4 Å². The van der Waals surface area contributed by atoms with Gasteiger partial charge in [0.2, 0.25) is 0 Å². The summed E-state index contributed by atoms with van der Waals surface area (Å²) in [5.41, 5.74) is 1.44. The normalized spacial score (nSPS) is 20.8. The Hall–Kier alpha value is -0.830. The fraction of sp³-hybridized carbons (Fsp3) is 0.727. The summed E-state index contributed by atoms with van der Waals surface area (Å²) < 4.78 is 1.81. The summed E-state index contributed by atoms with van der Waals surface area (Å²) in [5, 5.41) is 14.0. The van der Waals surface area contributed by atoms with Crippen LogP contribution < -0.4 is 0 Å². The third-order valence-electron chi connectivity index (χ3n) is 3.31. The molecule has 2 rings (SSSR count). The van der Waals surface area contributed by atoms with Crippen LogP contribution >= 0.6 is 0 Å². The Morgan fingerprint density at radius 1 is 1.64 bits per heavy atom. The lowest BCUT2D eigenvalue weighted by Crippen LogP contribution is -2.19. The van der Waals surface area contributed by atoms with Crippen LogP contribution in [-0.2, 0) is 13.5 Å². The molecule has 78 valence electrons. The van der Waals surface area contributed by atoms with Crippen LogP contribution in [0.2, 0.25) is 0 Å². The van der Waals surface area contributed by atoms with E-state index in [2.05, 4.69) is 12.0 Å². The molecule has 0 bridgehead atoms. The quantitative estimate of drug-likeness (QED) is 0.789. The van der Waals surface area contributed by atoms with Crippen molar-refractivity contribution in [3.8, 4) is 0 Å². The lowest BCUT2D eigenvalue weighted by atomic mass is 9.96. The highest BCUT2D eigenvalue weighted by molar-refractivity contribution is 5.05. The maximum Gasteiger partial charge on any atom is 0.0597 e. The van der Waals surface area contributed by atoms with E-state index in [9.17, 15) is 5.11 Å². The minimum atomic E-state index is -0.136. The summed E-state index contributed by atoms with van der Waals surface area (Å²) in [6.07, 6.45) is 7.92. The number of aliphatic hydroxyl groups is 1. The second kappa shape index (κ2) is 3.39. The van der Waals surface area contributed by atoms with E-state index in [0.717, 1.165) is 12.8 Å². The van der Waals surface area contributed by atoms with Crippen LogP contribution in [0.1, 0.15) is 31.7 Å². The minimum absolute atomic E-state index is 0.136. The molecule has 1 fully saturated rings. The monoisotopic (exact) mass is 194 g/mol. The standard InChI is InChI=1S/C11H18N2O/c1-11(5-6-11)10(14)4-3-9-7-12-13(2)8-9/h7-8,10,14H,3-6H2,1-2H3. The smallest absolute Gasteiger partial charge is 0.0597 e. The Bertz CT molecular complexity index is 315. The van der Waals surface area contributed by atoms with Crippen molar-refractivity contribution in [1.82, 2.24) is 9.78 Å². The van der Waals surface area contributed by atoms with Gasteiger partial charge in [0.05, 0.1) is 12.3 Å².